The van der Waals surface area contributed by atoms with Crippen LogP contribution in [0.3, 0.4) is 0 Å². The Morgan fingerprint density at radius 1 is 1.18 bits per heavy atom. The van der Waals surface area contributed by atoms with Crippen molar-refractivity contribution in [3.8, 4) is 0 Å². The normalized spacial score (nSPS) is 13.5. The fourth-order valence-electron chi connectivity index (χ4n) is 1.62. The van der Waals surface area contributed by atoms with Crippen molar-refractivity contribution < 1.29 is 19.1 Å². The minimum Gasteiger partial charge on any atom is -0.444 e. The first kappa shape index (κ1) is 20.3. The topological polar surface area (TPSA) is 84.5 Å². The molecule has 2 N–H and O–H groups in total. The Kier molecular flexibility index (Phi) is 8.63. The summed E-state index contributed by atoms with van der Waals surface area (Å²) < 4.78 is 5.19. The lowest BCUT2D eigenvalue weighted by Gasteiger charge is -2.23. The van der Waals surface area contributed by atoms with E-state index in [0.717, 1.165) is 0 Å². The molecule has 126 valence electrons. The SMILES string of the molecule is C/C=C(\C)C(=O)C[C@H](CNCC(C)=O)NC(=O)OC(C)(C)C. The van der Waals surface area contributed by atoms with Gasteiger partial charge in [0.15, 0.2) is 5.78 Å². The summed E-state index contributed by atoms with van der Waals surface area (Å²) in [6.45, 7) is 10.8. The summed E-state index contributed by atoms with van der Waals surface area (Å²) in [5, 5.41) is 5.60. The number of hydrogen-bond acceptors (Lipinski definition) is 5. The van der Waals surface area contributed by atoms with E-state index in [1.165, 1.54) is 6.92 Å². The molecule has 0 unspecified atom stereocenters. The van der Waals surface area contributed by atoms with Crippen molar-refractivity contribution in [2.24, 2.45) is 0 Å². The van der Waals surface area contributed by atoms with Gasteiger partial charge in [-0.25, -0.2) is 4.79 Å². The quantitative estimate of drug-likeness (QED) is 0.670. The summed E-state index contributed by atoms with van der Waals surface area (Å²) in [7, 11) is 0. The number of nitrogens with one attached hydrogen (secondary N) is 2. The van der Waals surface area contributed by atoms with Gasteiger partial charge in [0.05, 0.1) is 12.6 Å². The molecule has 0 fully saturated rings. The monoisotopic (exact) mass is 312 g/mol. The van der Waals surface area contributed by atoms with Gasteiger partial charge >= 0.3 is 6.09 Å². The predicted molar refractivity (Wildman–Crippen MR) is 85.8 cm³/mol. The molecule has 0 radical (unpaired) electrons. The zero-order valence-corrected chi connectivity index (χ0v) is 14.4. The average Bonchev–Trinajstić information content (AvgIpc) is 2.34. The number of Topliss-reactive ketones (excluding diaryl/α,β-unsaturated/α-hetero) is 2. The molecule has 0 heterocycles. The molecule has 0 bridgehead atoms. The van der Waals surface area contributed by atoms with E-state index in [1.807, 2.05) is 0 Å². The first-order valence-electron chi connectivity index (χ1n) is 7.41. The van der Waals surface area contributed by atoms with E-state index >= 15 is 0 Å². The lowest BCUT2D eigenvalue weighted by atomic mass is 10.0. The Morgan fingerprint density at radius 3 is 2.23 bits per heavy atom. The van der Waals surface area contributed by atoms with Crippen LogP contribution >= 0.6 is 0 Å². The van der Waals surface area contributed by atoms with Crippen molar-refractivity contribution in [3.63, 3.8) is 0 Å². The van der Waals surface area contributed by atoms with E-state index in [4.69, 9.17) is 4.74 Å². The molecule has 1 amide bonds. The Labute approximate surface area is 132 Å². The summed E-state index contributed by atoms with van der Waals surface area (Å²) in [5.41, 5.74) is 0.0348. The highest BCUT2D eigenvalue weighted by Crippen LogP contribution is 2.08. The second-order valence-corrected chi connectivity index (χ2v) is 6.28. The van der Waals surface area contributed by atoms with Gasteiger partial charge in [-0.3, -0.25) is 9.59 Å². The number of ketones is 2. The van der Waals surface area contributed by atoms with E-state index in [0.29, 0.717) is 12.1 Å². The Morgan fingerprint density at radius 2 is 1.77 bits per heavy atom. The second kappa shape index (κ2) is 9.35. The number of carbonyl (C=O) groups excluding carboxylic acids is 3. The van der Waals surface area contributed by atoms with Gasteiger partial charge in [0.2, 0.25) is 0 Å². The van der Waals surface area contributed by atoms with Gasteiger partial charge in [-0.05, 0) is 47.1 Å². The van der Waals surface area contributed by atoms with Crippen LogP contribution in [0.5, 0.6) is 0 Å². The van der Waals surface area contributed by atoms with Crippen LogP contribution in [0, 0.1) is 0 Å². The third-order valence-electron chi connectivity index (χ3n) is 2.79. The van der Waals surface area contributed by atoms with Crippen LogP contribution < -0.4 is 10.6 Å². The Balaban J connectivity index is 4.67. The van der Waals surface area contributed by atoms with E-state index in [1.54, 1.807) is 40.7 Å². The molecular formula is C16H28N2O4. The number of rotatable bonds is 8. The fraction of sp³-hybridized carbons (Fsp3) is 0.688. The van der Waals surface area contributed by atoms with Crippen molar-refractivity contribution in [2.45, 2.75) is 59.6 Å². The first-order chi connectivity index (χ1) is 10.0. The van der Waals surface area contributed by atoms with Gasteiger partial charge < -0.3 is 15.4 Å². The summed E-state index contributed by atoms with van der Waals surface area (Å²) in [6, 6.07) is -0.434. The largest absolute Gasteiger partial charge is 0.444 e. The minimum atomic E-state index is -0.606. The van der Waals surface area contributed by atoms with Crippen molar-refractivity contribution in [2.75, 3.05) is 13.1 Å². The Bertz CT molecular complexity index is 436. The molecule has 0 aliphatic heterocycles. The molecule has 0 aliphatic rings. The minimum absolute atomic E-state index is 0.00743. The smallest absolute Gasteiger partial charge is 0.407 e. The van der Waals surface area contributed by atoms with Gasteiger partial charge in [-0.1, -0.05) is 6.08 Å². The van der Waals surface area contributed by atoms with E-state index in [2.05, 4.69) is 10.6 Å². The maximum atomic E-state index is 12.0. The van der Waals surface area contributed by atoms with Gasteiger partial charge in [-0.15, -0.1) is 0 Å². The summed E-state index contributed by atoms with van der Waals surface area (Å²) in [4.78, 5) is 34.8. The molecule has 0 saturated heterocycles. The van der Waals surface area contributed by atoms with Crippen molar-refractivity contribution in [3.05, 3.63) is 11.6 Å². The highest BCUT2D eigenvalue weighted by atomic mass is 16.6. The van der Waals surface area contributed by atoms with Crippen LogP contribution in [0.2, 0.25) is 0 Å². The number of amides is 1. The van der Waals surface area contributed by atoms with Crippen LogP contribution in [-0.4, -0.2) is 42.4 Å². The molecule has 6 heteroatoms. The van der Waals surface area contributed by atoms with Crippen LogP contribution in [0.1, 0.15) is 48.0 Å². The first-order valence-corrected chi connectivity index (χ1v) is 7.41. The number of carbonyl (C=O) groups is 3. The van der Waals surface area contributed by atoms with Crippen LogP contribution in [-0.2, 0) is 14.3 Å². The summed E-state index contributed by atoms with van der Waals surface area (Å²) >= 11 is 0. The molecule has 0 aromatic rings. The lowest BCUT2D eigenvalue weighted by Crippen LogP contribution is -2.46. The molecular weight excluding hydrogens is 284 g/mol. The molecule has 0 rings (SSSR count). The zero-order valence-electron chi connectivity index (χ0n) is 14.4. The fourth-order valence-corrected chi connectivity index (χ4v) is 1.62. The van der Waals surface area contributed by atoms with Crippen molar-refractivity contribution >= 4 is 17.7 Å². The summed E-state index contributed by atoms with van der Waals surface area (Å²) in [5.74, 6) is -0.0554. The highest BCUT2D eigenvalue weighted by molar-refractivity contribution is 5.95. The molecule has 0 aromatic carbocycles. The van der Waals surface area contributed by atoms with Crippen LogP contribution in [0.4, 0.5) is 4.79 Å². The second-order valence-electron chi connectivity index (χ2n) is 6.28. The Hall–Kier alpha value is -1.69. The van der Waals surface area contributed by atoms with Gasteiger partial charge in [0, 0.05) is 13.0 Å². The molecule has 1 atom stereocenters. The molecule has 0 aromatic heterocycles. The van der Waals surface area contributed by atoms with Gasteiger partial charge in [-0.2, -0.15) is 0 Å². The number of ether oxygens (including phenoxy) is 1. The molecule has 22 heavy (non-hydrogen) atoms. The summed E-state index contributed by atoms with van der Waals surface area (Å²) in [6.07, 6.45) is 1.31. The predicted octanol–water partition coefficient (Wildman–Crippen LogP) is 1.98. The molecule has 0 aliphatic carbocycles. The van der Waals surface area contributed by atoms with Gasteiger partial charge in [0.1, 0.15) is 11.4 Å². The van der Waals surface area contributed by atoms with Crippen molar-refractivity contribution in [1.82, 2.24) is 10.6 Å². The van der Waals surface area contributed by atoms with E-state index < -0.39 is 17.7 Å². The van der Waals surface area contributed by atoms with Gasteiger partial charge in [0.25, 0.3) is 0 Å². The maximum absolute atomic E-state index is 12.0. The van der Waals surface area contributed by atoms with Crippen LogP contribution in [0.15, 0.2) is 11.6 Å². The highest BCUT2D eigenvalue weighted by Gasteiger charge is 2.21. The van der Waals surface area contributed by atoms with Crippen LogP contribution in [0.25, 0.3) is 0 Å². The van der Waals surface area contributed by atoms with E-state index in [9.17, 15) is 14.4 Å². The molecule has 0 spiro atoms. The maximum Gasteiger partial charge on any atom is 0.407 e. The average molecular weight is 312 g/mol. The standard InChI is InChI=1S/C16H28N2O4/c1-7-11(2)14(20)8-13(10-17-9-12(3)19)18-15(21)22-16(4,5)6/h7,13,17H,8-10H2,1-6H3,(H,18,21)/b11-7+/t13-/m1/s1. The lowest BCUT2D eigenvalue weighted by molar-refractivity contribution is -0.116. The zero-order chi connectivity index (χ0) is 17.3. The number of hydrogen-bond donors (Lipinski definition) is 2. The third-order valence-corrected chi connectivity index (χ3v) is 2.79. The van der Waals surface area contributed by atoms with Crippen molar-refractivity contribution in [1.29, 1.82) is 0 Å². The number of alkyl carbamates (subject to hydrolysis) is 1. The molecule has 0 saturated carbocycles. The third kappa shape index (κ3) is 10.1. The van der Waals surface area contributed by atoms with E-state index in [-0.39, 0.29) is 24.5 Å². The number of allylic oxidation sites excluding steroid dienone is 2. The molecule has 6 nitrogen and oxygen atoms in total.